The molecule has 1 amide bonds. The van der Waals surface area contributed by atoms with Crippen LogP contribution in [0.25, 0.3) is 11.1 Å². The number of hydrogen-bond donors (Lipinski definition) is 0. The molecule has 1 heterocycles. The number of carbonyl (C=O) groups excluding carboxylic acids is 1. The Morgan fingerprint density at radius 3 is 2.25 bits per heavy atom. The molecule has 0 N–H and O–H groups in total. The molecule has 0 unspecified atom stereocenters. The summed E-state index contributed by atoms with van der Waals surface area (Å²) < 4.78 is 5.20. The molecule has 32 heavy (non-hydrogen) atoms. The number of carbonyl (C=O) groups is 1. The summed E-state index contributed by atoms with van der Waals surface area (Å²) in [7, 11) is 3.08. The topological polar surface area (TPSA) is 116 Å². The molecule has 0 aromatic heterocycles. The highest BCUT2D eigenvalue weighted by atomic mass is 16.6. The van der Waals surface area contributed by atoms with Crippen molar-refractivity contribution in [2.24, 2.45) is 0 Å². The third kappa shape index (κ3) is 3.35. The van der Waals surface area contributed by atoms with E-state index in [1.807, 2.05) is 0 Å². The van der Waals surface area contributed by atoms with Crippen LogP contribution >= 0.6 is 0 Å². The number of para-hydroxylation sites is 1. The molecule has 9 nitrogen and oxygen atoms in total. The zero-order valence-corrected chi connectivity index (χ0v) is 17.1. The lowest BCUT2D eigenvalue weighted by Gasteiger charge is -2.14. The van der Waals surface area contributed by atoms with Crippen molar-refractivity contribution >= 4 is 34.1 Å². The van der Waals surface area contributed by atoms with Crippen molar-refractivity contribution in [2.45, 2.75) is 0 Å². The first kappa shape index (κ1) is 20.7. The number of hydrogen-bond acceptors (Lipinski definition) is 6. The zero-order chi connectivity index (χ0) is 23.0. The highest BCUT2D eigenvalue weighted by Gasteiger charge is 2.36. The molecule has 0 saturated carbocycles. The molecule has 0 radical (unpaired) electrons. The molecule has 3 aromatic carbocycles. The van der Waals surface area contributed by atoms with Crippen LogP contribution in [-0.2, 0) is 4.79 Å². The normalized spacial score (nSPS) is 14.2. The Labute approximate surface area is 182 Å². The van der Waals surface area contributed by atoms with Crippen LogP contribution in [0.4, 0.5) is 17.1 Å². The van der Waals surface area contributed by atoms with Crippen LogP contribution < -0.4 is 9.64 Å². The molecule has 4 rings (SSSR count). The van der Waals surface area contributed by atoms with Gasteiger partial charge in [0.25, 0.3) is 17.3 Å². The van der Waals surface area contributed by atoms with Gasteiger partial charge in [0.2, 0.25) is 0 Å². The van der Waals surface area contributed by atoms with E-state index in [2.05, 4.69) is 0 Å². The quantitative estimate of drug-likeness (QED) is 0.335. The van der Waals surface area contributed by atoms with E-state index in [9.17, 15) is 25.0 Å². The molecule has 160 valence electrons. The van der Waals surface area contributed by atoms with Gasteiger partial charge in [0.15, 0.2) is 0 Å². The summed E-state index contributed by atoms with van der Waals surface area (Å²) in [4.78, 5) is 36.8. The Hall–Kier alpha value is -4.53. The second-order valence-electron chi connectivity index (χ2n) is 7.08. The number of ether oxygens (including phenoxy) is 1. The molecule has 1 aliphatic rings. The van der Waals surface area contributed by atoms with Crippen molar-refractivity contribution in [3.8, 4) is 5.75 Å². The first-order chi connectivity index (χ1) is 15.3. The van der Waals surface area contributed by atoms with Crippen molar-refractivity contribution < 1.29 is 19.4 Å². The summed E-state index contributed by atoms with van der Waals surface area (Å²) in [5, 5.41) is 23.2. The summed E-state index contributed by atoms with van der Waals surface area (Å²) in [6.45, 7) is 0. The number of anilines is 1. The molecule has 9 heteroatoms. The molecule has 0 bridgehead atoms. The smallest absolute Gasteiger partial charge is 0.277 e. The lowest BCUT2D eigenvalue weighted by Crippen LogP contribution is -2.21. The van der Waals surface area contributed by atoms with Gasteiger partial charge in [-0.25, -0.2) is 0 Å². The Morgan fingerprint density at radius 1 is 0.938 bits per heavy atom. The fourth-order valence-corrected chi connectivity index (χ4v) is 3.80. The number of fused-ring (bicyclic) bond motifs is 1. The van der Waals surface area contributed by atoms with E-state index in [0.717, 1.165) is 0 Å². The van der Waals surface area contributed by atoms with Crippen LogP contribution in [0.5, 0.6) is 5.75 Å². The fraction of sp³-hybridized carbons (Fsp3) is 0.0870. The Bertz CT molecular complexity index is 1300. The first-order valence-corrected chi connectivity index (χ1v) is 9.53. The molecule has 1 aliphatic heterocycles. The minimum atomic E-state index is -0.543. The molecule has 0 fully saturated rings. The number of nitro benzene ring substituents is 2. The average Bonchev–Trinajstić information content (AvgIpc) is 3.04. The van der Waals surface area contributed by atoms with E-state index in [4.69, 9.17) is 4.74 Å². The van der Waals surface area contributed by atoms with Crippen molar-refractivity contribution in [3.63, 3.8) is 0 Å². The van der Waals surface area contributed by atoms with Gasteiger partial charge in [0.1, 0.15) is 5.75 Å². The van der Waals surface area contributed by atoms with E-state index in [1.54, 1.807) is 49.5 Å². The monoisotopic (exact) mass is 431 g/mol. The van der Waals surface area contributed by atoms with Gasteiger partial charge in [0.05, 0.1) is 33.8 Å². The molecule has 0 spiro atoms. The predicted octanol–water partition coefficient (Wildman–Crippen LogP) is 4.45. The van der Waals surface area contributed by atoms with Gasteiger partial charge in [-0.15, -0.1) is 0 Å². The standard InChI is InChI=1S/C23H17N3O6/c1-24-19-12-9-15(25(28)29)13-18(19)22(23(24)27)21(14-7-10-16(32-2)11-8-14)17-5-3-4-6-20(17)26(30)31/h3-13H,1-2H3/b22-21+. The largest absolute Gasteiger partial charge is 0.497 e. The van der Waals surface area contributed by atoms with Crippen LogP contribution in [0.15, 0.2) is 66.7 Å². The maximum atomic E-state index is 13.3. The number of methoxy groups -OCH3 is 1. The van der Waals surface area contributed by atoms with E-state index >= 15 is 0 Å². The molecule has 3 aromatic rings. The van der Waals surface area contributed by atoms with Gasteiger partial charge in [-0.1, -0.05) is 24.3 Å². The average molecular weight is 431 g/mol. The second-order valence-corrected chi connectivity index (χ2v) is 7.08. The molecular weight excluding hydrogens is 414 g/mol. The molecule has 0 saturated heterocycles. The third-order valence-electron chi connectivity index (χ3n) is 5.34. The number of non-ortho nitro benzene ring substituents is 1. The van der Waals surface area contributed by atoms with Gasteiger partial charge >= 0.3 is 0 Å². The second kappa shape index (κ2) is 7.95. The maximum Gasteiger partial charge on any atom is 0.277 e. The third-order valence-corrected chi connectivity index (χ3v) is 5.34. The lowest BCUT2D eigenvalue weighted by molar-refractivity contribution is -0.385. The minimum absolute atomic E-state index is 0.158. The van der Waals surface area contributed by atoms with Crippen LogP contribution in [0.3, 0.4) is 0 Å². The highest BCUT2D eigenvalue weighted by Crippen LogP contribution is 2.45. The van der Waals surface area contributed by atoms with Crippen LogP contribution in [0, 0.1) is 20.2 Å². The lowest BCUT2D eigenvalue weighted by atomic mass is 9.89. The number of likely N-dealkylation sites (N-methyl/N-ethyl adjacent to an activating group) is 1. The number of nitrogens with zero attached hydrogens (tertiary/aromatic N) is 3. The number of amides is 1. The van der Waals surface area contributed by atoms with Gasteiger partial charge in [0, 0.05) is 36.4 Å². The summed E-state index contributed by atoms with van der Waals surface area (Å²) in [5.41, 5.74) is 1.72. The highest BCUT2D eigenvalue weighted by molar-refractivity contribution is 6.39. The van der Waals surface area contributed by atoms with E-state index in [-0.39, 0.29) is 22.5 Å². The van der Waals surface area contributed by atoms with Crippen LogP contribution in [0.2, 0.25) is 0 Å². The predicted molar refractivity (Wildman–Crippen MR) is 119 cm³/mol. The minimum Gasteiger partial charge on any atom is -0.497 e. The Kier molecular flexibility index (Phi) is 5.15. The van der Waals surface area contributed by atoms with Gasteiger partial charge in [-0.3, -0.25) is 25.0 Å². The van der Waals surface area contributed by atoms with Crippen LogP contribution in [-0.4, -0.2) is 29.9 Å². The SMILES string of the molecule is COc1ccc(/C(=C2\C(=O)N(C)c3ccc([N+](=O)[O-])cc32)c2ccccc2[N+](=O)[O-])cc1. The number of benzene rings is 3. The Morgan fingerprint density at radius 2 is 1.62 bits per heavy atom. The van der Waals surface area contributed by atoms with E-state index in [0.29, 0.717) is 28.1 Å². The summed E-state index contributed by atoms with van der Waals surface area (Å²) in [6, 6.07) is 17.0. The number of nitro groups is 2. The van der Waals surface area contributed by atoms with Gasteiger partial charge in [-0.05, 0) is 29.8 Å². The van der Waals surface area contributed by atoms with Crippen molar-refractivity contribution in [1.82, 2.24) is 0 Å². The van der Waals surface area contributed by atoms with E-state index < -0.39 is 15.8 Å². The first-order valence-electron chi connectivity index (χ1n) is 9.53. The van der Waals surface area contributed by atoms with Gasteiger partial charge < -0.3 is 9.64 Å². The van der Waals surface area contributed by atoms with Gasteiger partial charge in [-0.2, -0.15) is 0 Å². The molecule has 0 aliphatic carbocycles. The number of rotatable bonds is 5. The Balaban J connectivity index is 2.11. The zero-order valence-electron chi connectivity index (χ0n) is 17.1. The summed E-state index contributed by atoms with van der Waals surface area (Å²) >= 11 is 0. The fourth-order valence-electron chi connectivity index (χ4n) is 3.80. The van der Waals surface area contributed by atoms with Crippen molar-refractivity contribution in [3.05, 3.63) is 104 Å². The molecular formula is C23H17N3O6. The summed E-state index contributed by atoms with van der Waals surface area (Å²) in [5.74, 6) is 0.163. The summed E-state index contributed by atoms with van der Waals surface area (Å²) in [6.07, 6.45) is 0. The van der Waals surface area contributed by atoms with Crippen molar-refractivity contribution in [2.75, 3.05) is 19.1 Å². The maximum absolute atomic E-state index is 13.3. The van der Waals surface area contributed by atoms with Crippen LogP contribution in [0.1, 0.15) is 16.7 Å². The van der Waals surface area contributed by atoms with E-state index in [1.165, 1.54) is 36.3 Å². The van der Waals surface area contributed by atoms with Crippen molar-refractivity contribution in [1.29, 1.82) is 0 Å². The molecule has 0 atom stereocenters.